The third-order valence-corrected chi connectivity index (χ3v) is 8.47. The zero-order chi connectivity index (χ0) is 26.3. The second kappa shape index (κ2) is 10.4. The predicted octanol–water partition coefficient (Wildman–Crippen LogP) is 2.57. The molecule has 0 aromatic heterocycles. The molecule has 0 bridgehead atoms. The van der Waals surface area contributed by atoms with Crippen molar-refractivity contribution in [3.63, 3.8) is 0 Å². The molecule has 5 rings (SSSR count). The van der Waals surface area contributed by atoms with Gasteiger partial charge in [0.05, 0.1) is 6.10 Å². The summed E-state index contributed by atoms with van der Waals surface area (Å²) < 4.78 is 5.85. The number of hydrogen-bond donors (Lipinski definition) is 1. The minimum atomic E-state index is -0.693. The van der Waals surface area contributed by atoms with Gasteiger partial charge >= 0.3 is 0 Å². The van der Waals surface area contributed by atoms with Gasteiger partial charge in [0.1, 0.15) is 18.7 Å². The summed E-state index contributed by atoms with van der Waals surface area (Å²) in [6.45, 7) is 14.1. The average molecular weight is 511 g/mol. The average Bonchev–Trinajstić information content (AvgIpc) is 3.55. The van der Waals surface area contributed by atoms with Gasteiger partial charge in [0, 0.05) is 49.9 Å². The molecule has 1 unspecified atom stereocenters. The Morgan fingerprint density at radius 1 is 1.08 bits per heavy atom. The Morgan fingerprint density at radius 2 is 1.76 bits per heavy atom. The summed E-state index contributed by atoms with van der Waals surface area (Å²) in [7, 11) is 0. The van der Waals surface area contributed by atoms with Crippen LogP contribution in [-0.4, -0.2) is 91.5 Å². The maximum atomic E-state index is 13.9. The molecule has 1 aromatic rings. The topological polar surface area (TPSA) is 82.2 Å². The third kappa shape index (κ3) is 5.70. The van der Waals surface area contributed by atoms with E-state index >= 15 is 0 Å². The summed E-state index contributed by atoms with van der Waals surface area (Å²) in [5, 5.41) is 3.03. The number of anilines is 1. The van der Waals surface area contributed by atoms with E-state index in [0.29, 0.717) is 24.4 Å². The standard InChI is InChI=1S/C29H42N4O4/c1-5-31-12-14-32(15-13-31)21-10-8-20(9-11-21)27(35)30-23(16-29(2,3)4)28(36)33-17-22(19-6-7-19)26-25(33)24(34)18-37-26/h8-11,19,22-23,25-26H,5-7,12-18H2,1-4H3,(H,30,35)/t22-,23?,25-,26-/m1/s1. The van der Waals surface area contributed by atoms with Crippen molar-refractivity contribution in [2.24, 2.45) is 17.3 Å². The van der Waals surface area contributed by atoms with Crippen LogP contribution < -0.4 is 10.2 Å². The van der Waals surface area contributed by atoms with Crippen LogP contribution in [0.1, 0.15) is 57.3 Å². The first-order valence-electron chi connectivity index (χ1n) is 14.0. The molecular weight excluding hydrogens is 468 g/mol. The molecule has 1 aliphatic carbocycles. The molecule has 3 aliphatic heterocycles. The Balaban J connectivity index is 1.28. The molecule has 8 heteroatoms. The Kier molecular flexibility index (Phi) is 7.33. The van der Waals surface area contributed by atoms with Crippen molar-refractivity contribution in [2.75, 3.05) is 50.8 Å². The van der Waals surface area contributed by atoms with E-state index in [9.17, 15) is 14.4 Å². The van der Waals surface area contributed by atoms with E-state index in [1.807, 2.05) is 24.3 Å². The van der Waals surface area contributed by atoms with Gasteiger partial charge in [-0.2, -0.15) is 0 Å². The number of rotatable bonds is 7. The highest BCUT2D eigenvalue weighted by Crippen LogP contribution is 2.46. The molecule has 1 aromatic carbocycles. The summed E-state index contributed by atoms with van der Waals surface area (Å²) in [6, 6.07) is 6.48. The second-order valence-corrected chi connectivity index (χ2v) is 12.4. The van der Waals surface area contributed by atoms with Crippen molar-refractivity contribution in [1.82, 2.24) is 15.1 Å². The molecule has 3 saturated heterocycles. The lowest BCUT2D eigenvalue weighted by Gasteiger charge is -2.35. The van der Waals surface area contributed by atoms with Gasteiger partial charge in [-0.1, -0.05) is 27.7 Å². The fraction of sp³-hybridized carbons (Fsp3) is 0.690. The van der Waals surface area contributed by atoms with Crippen LogP contribution in [0.2, 0.25) is 0 Å². The number of fused-ring (bicyclic) bond motifs is 1. The van der Waals surface area contributed by atoms with Gasteiger partial charge in [0.2, 0.25) is 5.91 Å². The lowest BCUT2D eigenvalue weighted by Crippen LogP contribution is -2.53. The van der Waals surface area contributed by atoms with E-state index < -0.39 is 12.1 Å². The summed E-state index contributed by atoms with van der Waals surface area (Å²) >= 11 is 0. The number of ketones is 1. The van der Waals surface area contributed by atoms with E-state index in [-0.39, 0.29) is 41.6 Å². The number of Topliss-reactive ketones (excluding diaryl/α,β-unsaturated/α-hetero) is 1. The highest BCUT2D eigenvalue weighted by Gasteiger charge is 2.56. The Labute approximate surface area is 220 Å². The number of benzene rings is 1. The summed E-state index contributed by atoms with van der Waals surface area (Å²) in [5.41, 5.74) is 1.48. The third-order valence-electron chi connectivity index (χ3n) is 8.47. The fourth-order valence-corrected chi connectivity index (χ4v) is 6.26. The molecule has 4 fully saturated rings. The second-order valence-electron chi connectivity index (χ2n) is 12.4. The van der Waals surface area contributed by atoms with Gasteiger partial charge in [0.25, 0.3) is 5.91 Å². The zero-order valence-corrected chi connectivity index (χ0v) is 22.7. The van der Waals surface area contributed by atoms with Crippen molar-refractivity contribution >= 4 is 23.3 Å². The van der Waals surface area contributed by atoms with Gasteiger partial charge in [-0.15, -0.1) is 0 Å². The van der Waals surface area contributed by atoms with Crippen molar-refractivity contribution in [2.45, 2.75) is 65.1 Å². The lowest BCUT2D eigenvalue weighted by molar-refractivity contribution is -0.138. The number of nitrogens with zero attached hydrogens (tertiary/aromatic N) is 3. The monoisotopic (exact) mass is 510 g/mol. The smallest absolute Gasteiger partial charge is 0.251 e. The molecule has 3 heterocycles. The number of ether oxygens (including phenoxy) is 1. The van der Waals surface area contributed by atoms with Gasteiger partial charge in [-0.05, 0) is 61.4 Å². The summed E-state index contributed by atoms with van der Waals surface area (Å²) in [4.78, 5) is 46.4. The van der Waals surface area contributed by atoms with Crippen molar-refractivity contribution in [3.05, 3.63) is 29.8 Å². The van der Waals surface area contributed by atoms with Crippen LogP contribution in [0.15, 0.2) is 24.3 Å². The number of likely N-dealkylation sites (tertiary alicyclic amines) is 1. The zero-order valence-electron chi connectivity index (χ0n) is 22.7. The first-order chi connectivity index (χ1) is 17.6. The number of hydrogen-bond acceptors (Lipinski definition) is 6. The Bertz CT molecular complexity index is 1010. The highest BCUT2D eigenvalue weighted by molar-refractivity contribution is 5.99. The number of carbonyl (C=O) groups is 3. The van der Waals surface area contributed by atoms with E-state index in [1.165, 1.54) is 0 Å². The first kappa shape index (κ1) is 26.2. The molecule has 0 spiro atoms. The molecule has 37 heavy (non-hydrogen) atoms. The summed E-state index contributed by atoms with van der Waals surface area (Å²) in [5.74, 6) is 0.324. The molecule has 0 radical (unpaired) electrons. The normalized spacial score (nSPS) is 27.4. The number of amides is 2. The van der Waals surface area contributed by atoms with Gasteiger partial charge in [-0.3, -0.25) is 14.4 Å². The van der Waals surface area contributed by atoms with Gasteiger partial charge in [0.15, 0.2) is 5.78 Å². The molecule has 202 valence electrons. The van der Waals surface area contributed by atoms with Crippen LogP contribution >= 0.6 is 0 Å². The van der Waals surface area contributed by atoms with Crippen LogP contribution in [0.5, 0.6) is 0 Å². The van der Waals surface area contributed by atoms with E-state index in [2.05, 4.69) is 42.8 Å². The van der Waals surface area contributed by atoms with Crippen LogP contribution in [-0.2, 0) is 14.3 Å². The number of carbonyl (C=O) groups excluding carboxylic acids is 3. The van der Waals surface area contributed by atoms with Crippen molar-refractivity contribution in [3.8, 4) is 0 Å². The van der Waals surface area contributed by atoms with Crippen LogP contribution in [0.25, 0.3) is 0 Å². The van der Waals surface area contributed by atoms with Crippen LogP contribution in [0.4, 0.5) is 5.69 Å². The van der Waals surface area contributed by atoms with Crippen LogP contribution in [0.3, 0.4) is 0 Å². The molecule has 1 saturated carbocycles. The molecule has 2 amide bonds. The maximum Gasteiger partial charge on any atom is 0.251 e. The van der Waals surface area contributed by atoms with E-state index in [4.69, 9.17) is 4.74 Å². The predicted molar refractivity (Wildman–Crippen MR) is 143 cm³/mol. The lowest BCUT2D eigenvalue weighted by atomic mass is 9.87. The Hall–Kier alpha value is -2.45. The van der Waals surface area contributed by atoms with Crippen LogP contribution in [0, 0.1) is 17.3 Å². The quantitative estimate of drug-likeness (QED) is 0.607. The molecule has 4 aliphatic rings. The molecule has 4 atom stereocenters. The summed E-state index contributed by atoms with van der Waals surface area (Å²) in [6.07, 6.45) is 2.58. The number of likely N-dealkylation sites (N-methyl/N-ethyl adjacent to an activating group) is 1. The largest absolute Gasteiger partial charge is 0.369 e. The molecule has 8 nitrogen and oxygen atoms in total. The number of nitrogens with one attached hydrogen (secondary N) is 1. The van der Waals surface area contributed by atoms with Gasteiger partial charge < -0.3 is 24.8 Å². The van der Waals surface area contributed by atoms with Crippen molar-refractivity contribution in [1.29, 1.82) is 0 Å². The van der Waals surface area contributed by atoms with E-state index in [1.54, 1.807) is 4.90 Å². The molecular formula is C29H42N4O4. The minimum absolute atomic E-state index is 0.0160. The number of piperazine rings is 1. The minimum Gasteiger partial charge on any atom is -0.369 e. The van der Waals surface area contributed by atoms with Crippen molar-refractivity contribution < 1.29 is 19.1 Å². The Morgan fingerprint density at radius 3 is 2.35 bits per heavy atom. The molecule has 1 N–H and O–H groups in total. The fourth-order valence-electron chi connectivity index (χ4n) is 6.26. The van der Waals surface area contributed by atoms with Gasteiger partial charge in [-0.25, -0.2) is 0 Å². The van der Waals surface area contributed by atoms with E-state index in [0.717, 1.165) is 51.3 Å². The maximum absolute atomic E-state index is 13.9. The SMILES string of the molecule is CCN1CCN(c2ccc(C(=O)NC(CC(C)(C)C)C(=O)N3C[C@H](C4CC4)[C@H]4OCC(=O)[C@H]43)cc2)CC1. The first-order valence-corrected chi connectivity index (χ1v) is 14.0. The highest BCUT2D eigenvalue weighted by atomic mass is 16.5.